The third kappa shape index (κ3) is 7.04. The van der Waals surface area contributed by atoms with E-state index in [0.717, 1.165) is 53.8 Å². The van der Waals surface area contributed by atoms with Crippen LogP contribution in [0.3, 0.4) is 0 Å². The van der Waals surface area contributed by atoms with Crippen molar-refractivity contribution in [2.45, 2.75) is 47.6 Å². The second-order valence-electron chi connectivity index (χ2n) is 6.22. The maximum Gasteiger partial charge on any atom is 0.191 e. The number of halogens is 1. The van der Waals surface area contributed by atoms with Crippen molar-refractivity contribution in [3.05, 3.63) is 46.3 Å². The highest BCUT2D eigenvalue weighted by Gasteiger charge is 2.09. The monoisotopic (exact) mass is 486 g/mol. The van der Waals surface area contributed by atoms with Gasteiger partial charge in [-0.2, -0.15) is 0 Å². The average Bonchev–Trinajstić information content (AvgIpc) is 2.93. The van der Waals surface area contributed by atoms with E-state index in [0.29, 0.717) is 13.2 Å². The van der Waals surface area contributed by atoms with Gasteiger partial charge < -0.3 is 19.9 Å². The smallest absolute Gasteiger partial charge is 0.191 e. The molecule has 1 heterocycles. The molecule has 0 aliphatic rings. The molecule has 27 heavy (non-hydrogen) atoms. The number of nitrogens with one attached hydrogen (secondary N) is 2. The Bertz CT molecular complexity index is 724. The lowest BCUT2D eigenvalue weighted by Gasteiger charge is -2.13. The summed E-state index contributed by atoms with van der Waals surface area (Å²) in [6, 6.07) is 6.23. The number of hydrogen-bond donors (Lipinski definition) is 2. The molecule has 2 aromatic rings. The molecule has 0 fully saturated rings. The Labute approximate surface area is 179 Å². The molecule has 0 aliphatic carbocycles. The molecule has 0 unspecified atom stereocenters. The minimum absolute atomic E-state index is 0. The summed E-state index contributed by atoms with van der Waals surface area (Å²) in [6.07, 6.45) is 0.848. The van der Waals surface area contributed by atoms with Gasteiger partial charge in [-0.3, -0.25) is 0 Å². The van der Waals surface area contributed by atoms with Crippen LogP contribution in [0.25, 0.3) is 0 Å². The Morgan fingerprint density at radius 3 is 2.59 bits per heavy atom. The molecule has 0 bridgehead atoms. The van der Waals surface area contributed by atoms with Gasteiger partial charge >= 0.3 is 0 Å². The minimum Gasteiger partial charge on any atom is -0.494 e. The predicted octanol–water partition coefficient (Wildman–Crippen LogP) is 3.91. The van der Waals surface area contributed by atoms with E-state index >= 15 is 0 Å². The van der Waals surface area contributed by atoms with Crippen molar-refractivity contribution in [3.8, 4) is 5.75 Å². The Morgan fingerprint density at radius 2 is 1.96 bits per heavy atom. The molecule has 2 rings (SSSR count). The number of aromatic nitrogens is 1. The zero-order valence-corrected chi connectivity index (χ0v) is 19.2. The SMILES string of the molecule is CCNC(=NCc1ccc(C)cc1OCC)NCCc1c(C)noc1C.I. The van der Waals surface area contributed by atoms with Crippen LogP contribution in [0.2, 0.25) is 0 Å². The molecule has 0 amide bonds. The molecule has 150 valence electrons. The number of rotatable bonds is 8. The maximum absolute atomic E-state index is 5.74. The van der Waals surface area contributed by atoms with Gasteiger partial charge in [-0.1, -0.05) is 17.3 Å². The molecule has 2 N–H and O–H groups in total. The number of aryl methyl sites for hydroxylation is 3. The van der Waals surface area contributed by atoms with Gasteiger partial charge in [0.15, 0.2) is 5.96 Å². The average molecular weight is 486 g/mol. The van der Waals surface area contributed by atoms with Crippen LogP contribution in [0.1, 0.15) is 42.0 Å². The van der Waals surface area contributed by atoms with Crippen molar-refractivity contribution >= 4 is 29.9 Å². The fourth-order valence-electron chi connectivity index (χ4n) is 2.75. The summed E-state index contributed by atoms with van der Waals surface area (Å²) in [6.45, 7) is 12.8. The van der Waals surface area contributed by atoms with Crippen molar-refractivity contribution in [1.29, 1.82) is 0 Å². The van der Waals surface area contributed by atoms with Crippen LogP contribution in [-0.4, -0.2) is 30.8 Å². The number of benzene rings is 1. The lowest BCUT2D eigenvalue weighted by molar-refractivity contribution is 0.336. The topological polar surface area (TPSA) is 71.7 Å². The molecule has 0 radical (unpaired) electrons. The molecule has 6 nitrogen and oxygen atoms in total. The van der Waals surface area contributed by atoms with Gasteiger partial charge in [0.1, 0.15) is 11.5 Å². The van der Waals surface area contributed by atoms with Gasteiger partial charge in [0.05, 0.1) is 18.8 Å². The lowest BCUT2D eigenvalue weighted by atomic mass is 10.1. The molecule has 0 spiro atoms. The summed E-state index contributed by atoms with van der Waals surface area (Å²) in [5.74, 6) is 2.58. The Balaban J connectivity index is 0.00000364. The molecule has 1 aromatic carbocycles. The van der Waals surface area contributed by atoms with E-state index in [1.165, 1.54) is 5.56 Å². The molecule has 0 saturated heterocycles. The van der Waals surface area contributed by atoms with E-state index in [9.17, 15) is 0 Å². The predicted molar refractivity (Wildman–Crippen MR) is 120 cm³/mol. The van der Waals surface area contributed by atoms with E-state index in [-0.39, 0.29) is 24.0 Å². The summed E-state index contributed by atoms with van der Waals surface area (Å²) < 4.78 is 11.0. The maximum atomic E-state index is 5.74. The van der Waals surface area contributed by atoms with Crippen LogP contribution < -0.4 is 15.4 Å². The zero-order valence-electron chi connectivity index (χ0n) is 16.9. The third-order valence-electron chi connectivity index (χ3n) is 4.12. The quantitative estimate of drug-likeness (QED) is 0.336. The van der Waals surface area contributed by atoms with Crippen LogP contribution in [0.4, 0.5) is 0 Å². The Kier molecular flexibility index (Phi) is 10.2. The highest BCUT2D eigenvalue weighted by molar-refractivity contribution is 14.0. The molecule has 7 heteroatoms. The highest BCUT2D eigenvalue weighted by atomic mass is 127. The molecule has 0 saturated carbocycles. The summed E-state index contributed by atoms with van der Waals surface area (Å²) in [5, 5.41) is 10.7. The summed E-state index contributed by atoms with van der Waals surface area (Å²) >= 11 is 0. The number of ether oxygens (including phenoxy) is 1. The molecule has 0 aliphatic heterocycles. The largest absolute Gasteiger partial charge is 0.494 e. The van der Waals surface area contributed by atoms with E-state index in [4.69, 9.17) is 14.3 Å². The minimum atomic E-state index is 0. The standard InChI is InChI=1S/C20H30N4O2.HI/c1-6-21-20(22-11-10-18-15(4)24-26-16(18)5)23-13-17-9-8-14(3)12-19(17)25-7-2;/h8-9,12H,6-7,10-11,13H2,1-5H3,(H2,21,22,23);1H. The van der Waals surface area contributed by atoms with Crippen LogP contribution >= 0.6 is 24.0 Å². The Morgan fingerprint density at radius 1 is 1.19 bits per heavy atom. The summed E-state index contributed by atoms with van der Waals surface area (Å²) in [7, 11) is 0. The van der Waals surface area contributed by atoms with Crippen molar-refractivity contribution in [2.75, 3.05) is 19.7 Å². The first-order chi connectivity index (χ1) is 12.5. The number of nitrogens with zero attached hydrogens (tertiary/aromatic N) is 2. The van der Waals surface area contributed by atoms with Crippen LogP contribution in [0, 0.1) is 20.8 Å². The summed E-state index contributed by atoms with van der Waals surface area (Å²) in [4.78, 5) is 4.70. The Hall–Kier alpha value is -1.77. The van der Waals surface area contributed by atoms with E-state index in [2.05, 4.69) is 47.8 Å². The molecule has 1 aromatic heterocycles. The van der Waals surface area contributed by atoms with Crippen molar-refractivity contribution < 1.29 is 9.26 Å². The number of aliphatic imine (C=N–C) groups is 1. The lowest BCUT2D eigenvalue weighted by Crippen LogP contribution is -2.38. The van der Waals surface area contributed by atoms with Crippen molar-refractivity contribution in [1.82, 2.24) is 15.8 Å². The molecular formula is C20H31IN4O2. The summed E-state index contributed by atoms with van der Waals surface area (Å²) in [5.41, 5.74) is 4.38. The van der Waals surface area contributed by atoms with Gasteiger partial charge in [0, 0.05) is 24.2 Å². The second kappa shape index (κ2) is 11.8. The van der Waals surface area contributed by atoms with E-state index < -0.39 is 0 Å². The van der Waals surface area contributed by atoms with E-state index in [1.807, 2.05) is 20.8 Å². The second-order valence-corrected chi connectivity index (χ2v) is 6.22. The normalized spacial score (nSPS) is 11.1. The van der Waals surface area contributed by atoms with Crippen LogP contribution in [-0.2, 0) is 13.0 Å². The van der Waals surface area contributed by atoms with Crippen LogP contribution in [0.15, 0.2) is 27.7 Å². The fourth-order valence-corrected chi connectivity index (χ4v) is 2.75. The van der Waals surface area contributed by atoms with Crippen LogP contribution in [0.5, 0.6) is 5.75 Å². The first-order valence-corrected chi connectivity index (χ1v) is 9.21. The van der Waals surface area contributed by atoms with Gasteiger partial charge in [0.25, 0.3) is 0 Å². The first-order valence-electron chi connectivity index (χ1n) is 9.21. The van der Waals surface area contributed by atoms with E-state index in [1.54, 1.807) is 0 Å². The molecule has 0 atom stereocenters. The van der Waals surface area contributed by atoms with Gasteiger partial charge in [0.2, 0.25) is 0 Å². The van der Waals surface area contributed by atoms with Gasteiger partial charge in [-0.05, 0) is 52.7 Å². The first kappa shape index (κ1) is 23.3. The van der Waals surface area contributed by atoms with Gasteiger partial charge in [-0.15, -0.1) is 24.0 Å². The van der Waals surface area contributed by atoms with Crippen molar-refractivity contribution in [2.24, 2.45) is 4.99 Å². The number of guanidine groups is 1. The van der Waals surface area contributed by atoms with Gasteiger partial charge in [-0.25, -0.2) is 4.99 Å². The molecular weight excluding hydrogens is 455 g/mol. The highest BCUT2D eigenvalue weighted by Crippen LogP contribution is 2.21. The van der Waals surface area contributed by atoms with Crippen molar-refractivity contribution in [3.63, 3.8) is 0 Å². The third-order valence-corrected chi connectivity index (χ3v) is 4.12. The zero-order chi connectivity index (χ0) is 18.9. The number of hydrogen-bond acceptors (Lipinski definition) is 4. The fraction of sp³-hybridized carbons (Fsp3) is 0.500.